The Hall–Kier alpha value is -1.49. The summed E-state index contributed by atoms with van der Waals surface area (Å²) in [4.78, 5) is 12.2. The number of rotatable bonds is 19. The zero-order chi connectivity index (χ0) is 29.1. The molecule has 0 fully saturated rings. The Labute approximate surface area is 204 Å². The van der Waals surface area contributed by atoms with E-state index in [0.717, 1.165) is 7.11 Å². The van der Waals surface area contributed by atoms with Crippen LogP contribution in [0.3, 0.4) is 0 Å². The van der Waals surface area contributed by atoms with E-state index in [1.54, 1.807) is 0 Å². The summed E-state index contributed by atoms with van der Waals surface area (Å²) in [5.74, 6) is -14.4. The van der Waals surface area contributed by atoms with E-state index in [1.807, 2.05) is 0 Å². The second kappa shape index (κ2) is 14.6. The van der Waals surface area contributed by atoms with Crippen molar-refractivity contribution in [2.45, 2.75) is 49.9 Å². The van der Waals surface area contributed by atoms with Crippen LogP contribution >= 0.6 is 0 Å². The SMILES string of the molecule is COCCOC(OCCO)(OCC(F)(F)F)C(OC)(OC(C)C(OC)(OC(F)F)OC(F)(F)F)C(=O)[O-]. The molecule has 0 aliphatic rings. The van der Waals surface area contributed by atoms with Crippen molar-refractivity contribution in [3.63, 3.8) is 0 Å². The third-order valence-corrected chi connectivity index (χ3v) is 3.98. The van der Waals surface area contributed by atoms with E-state index in [-0.39, 0.29) is 0 Å². The Morgan fingerprint density at radius 3 is 1.84 bits per heavy atom. The molecule has 37 heavy (non-hydrogen) atoms. The second-order valence-electron chi connectivity index (χ2n) is 6.48. The molecule has 1 N–H and O–H groups in total. The molecule has 0 amide bonds. The smallest absolute Gasteiger partial charge is 0.526 e. The van der Waals surface area contributed by atoms with Gasteiger partial charge in [0.1, 0.15) is 18.7 Å². The van der Waals surface area contributed by atoms with Crippen molar-refractivity contribution in [3.8, 4) is 0 Å². The van der Waals surface area contributed by atoms with Gasteiger partial charge < -0.3 is 48.2 Å². The van der Waals surface area contributed by atoms with Gasteiger partial charge in [0.15, 0.2) is 0 Å². The van der Waals surface area contributed by atoms with Gasteiger partial charge in [-0.3, -0.25) is 4.74 Å². The zero-order valence-electron chi connectivity index (χ0n) is 19.7. The van der Waals surface area contributed by atoms with E-state index in [2.05, 4.69) is 28.4 Å². The van der Waals surface area contributed by atoms with Crippen LogP contribution in [-0.4, -0.2) is 108 Å². The number of alkyl halides is 8. The van der Waals surface area contributed by atoms with Crippen molar-refractivity contribution in [2.24, 2.45) is 0 Å². The quantitative estimate of drug-likeness (QED) is 0.130. The first-order valence-electron chi connectivity index (χ1n) is 9.70. The number of hydrogen-bond acceptors (Lipinski definition) is 12. The predicted molar refractivity (Wildman–Crippen MR) is 94.9 cm³/mol. The fourth-order valence-electron chi connectivity index (χ4n) is 2.59. The first-order valence-corrected chi connectivity index (χ1v) is 9.70. The molecule has 0 saturated heterocycles. The van der Waals surface area contributed by atoms with Crippen molar-refractivity contribution < 1.29 is 92.8 Å². The van der Waals surface area contributed by atoms with Gasteiger partial charge in [-0.25, -0.2) is 4.74 Å². The number of halogens is 8. The van der Waals surface area contributed by atoms with Crippen LogP contribution in [0.2, 0.25) is 0 Å². The van der Waals surface area contributed by atoms with Gasteiger partial charge >= 0.3 is 31.1 Å². The van der Waals surface area contributed by atoms with Gasteiger partial charge in [0.25, 0.3) is 5.79 Å². The number of aliphatic carboxylic acids is 1. The maximum absolute atomic E-state index is 13.0. The zero-order valence-corrected chi connectivity index (χ0v) is 19.7. The van der Waals surface area contributed by atoms with E-state index in [0.29, 0.717) is 21.1 Å². The highest BCUT2D eigenvalue weighted by molar-refractivity contribution is 5.74. The molecule has 0 radical (unpaired) electrons. The summed E-state index contributed by atoms with van der Waals surface area (Å²) in [6, 6.07) is 0. The molecular weight excluding hydrogens is 548 g/mol. The van der Waals surface area contributed by atoms with E-state index in [9.17, 15) is 45.0 Å². The molecule has 4 unspecified atom stereocenters. The van der Waals surface area contributed by atoms with Gasteiger partial charge in [-0.15, -0.1) is 13.2 Å². The lowest BCUT2D eigenvalue weighted by atomic mass is 10.2. The van der Waals surface area contributed by atoms with Crippen LogP contribution in [0, 0.1) is 0 Å². The topological polar surface area (TPSA) is 143 Å². The average molecular weight is 573 g/mol. The predicted octanol–water partition coefficient (Wildman–Crippen LogP) is 0.464. The summed E-state index contributed by atoms with van der Waals surface area (Å²) in [6.45, 7) is -9.39. The van der Waals surface area contributed by atoms with Gasteiger partial charge in [0.2, 0.25) is 0 Å². The number of hydrogen-bond donors (Lipinski definition) is 1. The first-order chi connectivity index (χ1) is 16.9. The number of carbonyl (C=O) groups is 1. The highest BCUT2D eigenvalue weighted by Gasteiger charge is 2.65. The highest BCUT2D eigenvalue weighted by atomic mass is 19.4. The fourth-order valence-corrected chi connectivity index (χ4v) is 2.59. The summed E-state index contributed by atoms with van der Waals surface area (Å²) in [6.07, 6.45) is -13.8. The van der Waals surface area contributed by atoms with Crippen molar-refractivity contribution in [3.05, 3.63) is 0 Å². The lowest BCUT2D eigenvalue weighted by molar-refractivity contribution is -0.549. The molecule has 12 nitrogen and oxygen atoms in total. The molecule has 0 aromatic heterocycles. The van der Waals surface area contributed by atoms with Gasteiger partial charge in [0.05, 0.1) is 26.4 Å². The third kappa shape index (κ3) is 10.3. The molecule has 0 spiro atoms. The normalized spacial score (nSPS) is 18.8. The highest BCUT2D eigenvalue weighted by Crippen LogP contribution is 2.40. The minimum absolute atomic E-state index is 0.353. The Balaban J connectivity index is 6.95. The summed E-state index contributed by atoms with van der Waals surface area (Å²) in [5.41, 5.74) is 0. The van der Waals surface area contributed by atoms with Crippen LogP contribution in [0.15, 0.2) is 0 Å². The Morgan fingerprint density at radius 1 is 0.892 bits per heavy atom. The number of carboxylic acid groups (broad SMARTS) is 1. The van der Waals surface area contributed by atoms with Gasteiger partial charge in [0, 0.05) is 21.3 Å². The molecule has 0 bridgehead atoms. The number of carboxylic acids is 1. The van der Waals surface area contributed by atoms with E-state index in [1.165, 1.54) is 0 Å². The molecule has 0 aromatic rings. The minimum Gasteiger partial charge on any atom is -0.544 e. The van der Waals surface area contributed by atoms with Crippen LogP contribution in [0.25, 0.3) is 0 Å². The lowest BCUT2D eigenvalue weighted by Crippen LogP contribution is -2.72. The van der Waals surface area contributed by atoms with Crippen LogP contribution in [0.5, 0.6) is 0 Å². The minimum atomic E-state index is -5.79. The molecule has 222 valence electrons. The van der Waals surface area contributed by atoms with Crippen LogP contribution in [0.4, 0.5) is 35.1 Å². The number of aliphatic hydroxyl groups excluding tert-OH is 1. The summed E-state index contributed by atoms with van der Waals surface area (Å²) >= 11 is 0. The Morgan fingerprint density at radius 2 is 1.46 bits per heavy atom. The molecule has 0 heterocycles. The van der Waals surface area contributed by atoms with Crippen LogP contribution in [0.1, 0.15) is 6.92 Å². The van der Waals surface area contributed by atoms with E-state index in [4.69, 9.17) is 19.3 Å². The standard InChI is InChI=1S/C17H26F8O12/c1-10(15(31-4,36-12(18)19)37-17(23,24)25)35-14(30-3,11(27)28)16(32-6-5-26,33-8-7-29-2)34-9-13(20,21)22/h10,12,26H,5-9H2,1-4H3,(H,27,28)/p-1. The maximum Gasteiger partial charge on any atom is 0.526 e. The summed E-state index contributed by atoms with van der Waals surface area (Å²) < 4.78 is 144. The Bertz CT molecular complexity index is 682. The molecule has 0 rings (SSSR count). The van der Waals surface area contributed by atoms with Crippen LogP contribution < -0.4 is 5.11 Å². The van der Waals surface area contributed by atoms with Crippen molar-refractivity contribution in [1.29, 1.82) is 0 Å². The number of aliphatic hydroxyl groups is 1. The van der Waals surface area contributed by atoms with Crippen molar-refractivity contribution in [2.75, 3.05) is 54.4 Å². The van der Waals surface area contributed by atoms with Crippen molar-refractivity contribution >= 4 is 5.97 Å². The molecule has 0 aliphatic carbocycles. The van der Waals surface area contributed by atoms with Gasteiger partial charge in [-0.1, -0.05) is 0 Å². The number of carbonyl (C=O) groups excluding carboxylic acids is 1. The van der Waals surface area contributed by atoms with E-state index < -0.39 is 82.0 Å². The lowest BCUT2D eigenvalue weighted by Gasteiger charge is -2.49. The first kappa shape index (κ1) is 35.5. The Kier molecular flexibility index (Phi) is 14.0. The maximum atomic E-state index is 13.0. The van der Waals surface area contributed by atoms with Crippen molar-refractivity contribution in [1.82, 2.24) is 0 Å². The average Bonchev–Trinajstić information content (AvgIpc) is 2.76. The molecule has 0 aromatic carbocycles. The third-order valence-electron chi connectivity index (χ3n) is 3.98. The fraction of sp³-hybridized carbons (Fsp3) is 0.941. The van der Waals surface area contributed by atoms with Crippen LogP contribution in [-0.2, 0) is 47.4 Å². The van der Waals surface area contributed by atoms with Gasteiger partial charge in [-0.2, -0.15) is 22.0 Å². The molecule has 4 atom stereocenters. The molecule has 0 saturated carbocycles. The number of methoxy groups -OCH3 is 3. The molecule has 0 aliphatic heterocycles. The molecule has 20 heteroatoms. The largest absolute Gasteiger partial charge is 0.544 e. The number of ether oxygens (including phenoxy) is 9. The summed E-state index contributed by atoms with van der Waals surface area (Å²) in [5, 5.41) is 21.3. The second-order valence-corrected chi connectivity index (χ2v) is 6.48. The molecular formula is C17H25F8O12-. The van der Waals surface area contributed by atoms with E-state index >= 15 is 0 Å². The van der Waals surface area contributed by atoms with Gasteiger partial charge in [-0.05, 0) is 6.92 Å². The monoisotopic (exact) mass is 573 g/mol. The summed E-state index contributed by atoms with van der Waals surface area (Å²) in [7, 11) is 1.86.